The number of nitrogens with one attached hydrogen (secondary N) is 1. The van der Waals surface area contributed by atoms with Crippen molar-refractivity contribution in [3.63, 3.8) is 0 Å². The normalized spacial score (nSPS) is 26.1. The van der Waals surface area contributed by atoms with Crippen LogP contribution >= 0.6 is 0 Å². The Morgan fingerprint density at radius 1 is 1.22 bits per heavy atom. The van der Waals surface area contributed by atoms with Crippen LogP contribution in [0.1, 0.15) is 51.2 Å². The van der Waals surface area contributed by atoms with Gasteiger partial charge in [0.05, 0.1) is 0 Å². The van der Waals surface area contributed by atoms with Crippen LogP contribution in [-0.4, -0.2) is 13.1 Å². The Hall–Kier alpha value is -0.820. The minimum atomic E-state index is 0.383. The lowest BCUT2D eigenvalue weighted by Gasteiger charge is -2.52. The van der Waals surface area contributed by atoms with E-state index in [1.807, 2.05) is 0 Å². The number of hydrogen-bond donors (Lipinski definition) is 1. The fourth-order valence-corrected chi connectivity index (χ4v) is 3.34. The smallest absolute Gasteiger partial charge is 0.0127 e. The van der Waals surface area contributed by atoms with Crippen LogP contribution in [0.4, 0.5) is 0 Å². The molecule has 0 aliphatic heterocycles. The molecule has 0 saturated heterocycles. The van der Waals surface area contributed by atoms with Gasteiger partial charge in [-0.05, 0) is 48.3 Å². The minimum absolute atomic E-state index is 0.383. The van der Waals surface area contributed by atoms with Gasteiger partial charge in [-0.3, -0.25) is 0 Å². The van der Waals surface area contributed by atoms with Crippen molar-refractivity contribution in [2.75, 3.05) is 7.05 Å². The molecule has 2 rings (SSSR count). The minimum Gasteiger partial charge on any atom is -0.316 e. The Kier molecular flexibility index (Phi) is 3.82. The predicted molar refractivity (Wildman–Crippen MR) is 79.0 cm³/mol. The molecule has 1 nitrogen and oxygen atoms in total. The average Bonchev–Trinajstić information content (AvgIpc) is 2.30. The Morgan fingerprint density at radius 3 is 2.28 bits per heavy atom. The lowest BCUT2D eigenvalue weighted by atomic mass is 9.56. The summed E-state index contributed by atoms with van der Waals surface area (Å²) in [7, 11) is 2.08. The third kappa shape index (κ3) is 2.47. The van der Waals surface area contributed by atoms with Crippen molar-refractivity contribution in [3.05, 3.63) is 35.4 Å². The Balaban J connectivity index is 2.07. The van der Waals surface area contributed by atoms with E-state index in [0.29, 0.717) is 17.4 Å². The molecule has 2 unspecified atom stereocenters. The fraction of sp³-hybridized carbons (Fsp3) is 0.647. The van der Waals surface area contributed by atoms with Crippen molar-refractivity contribution in [3.8, 4) is 0 Å². The largest absolute Gasteiger partial charge is 0.316 e. The number of hydrogen-bond acceptors (Lipinski definition) is 1. The van der Waals surface area contributed by atoms with Gasteiger partial charge < -0.3 is 5.32 Å². The molecule has 1 aromatic rings. The lowest BCUT2D eigenvalue weighted by molar-refractivity contribution is 0.0751. The van der Waals surface area contributed by atoms with Crippen LogP contribution in [0.15, 0.2) is 24.3 Å². The van der Waals surface area contributed by atoms with Gasteiger partial charge in [0.2, 0.25) is 0 Å². The summed E-state index contributed by atoms with van der Waals surface area (Å²) in [5.41, 5.74) is 3.36. The second kappa shape index (κ2) is 5.05. The van der Waals surface area contributed by atoms with Gasteiger partial charge in [-0.1, -0.05) is 52.0 Å². The highest BCUT2D eigenvalue weighted by Crippen LogP contribution is 2.52. The molecule has 1 aliphatic carbocycles. The molecule has 1 saturated carbocycles. The van der Waals surface area contributed by atoms with Gasteiger partial charge in [0.25, 0.3) is 0 Å². The van der Waals surface area contributed by atoms with Crippen LogP contribution in [0, 0.1) is 11.3 Å². The van der Waals surface area contributed by atoms with Gasteiger partial charge in [0, 0.05) is 6.04 Å². The molecule has 100 valence electrons. The summed E-state index contributed by atoms with van der Waals surface area (Å²) in [6, 6.07) is 9.99. The first kappa shape index (κ1) is 13.6. The third-order valence-electron chi connectivity index (χ3n) is 4.64. The summed E-state index contributed by atoms with van der Waals surface area (Å²) in [4.78, 5) is 0. The quantitative estimate of drug-likeness (QED) is 0.846. The van der Waals surface area contributed by atoms with Crippen LogP contribution < -0.4 is 5.32 Å². The van der Waals surface area contributed by atoms with Crippen molar-refractivity contribution >= 4 is 0 Å². The maximum absolute atomic E-state index is 3.43. The summed E-state index contributed by atoms with van der Waals surface area (Å²) < 4.78 is 0. The molecular formula is C17H27N. The highest BCUT2D eigenvalue weighted by Gasteiger charge is 2.47. The van der Waals surface area contributed by atoms with Crippen LogP contribution in [0.2, 0.25) is 0 Å². The maximum Gasteiger partial charge on any atom is 0.0127 e. The van der Waals surface area contributed by atoms with Crippen LogP contribution in [-0.2, 0) is 6.42 Å². The highest BCUT2D eigenvalue weighted by molar-refractivity contribution is 5.30. The topological polar surface area (TPSA) is 12.0 Å². The first-order valence-corrected chi connectivity index (χ1v) is 7.21. The zero-order chi connectivity index (χ0) is 13.3. The van der Waals surface area contributed by atoms with Gasteiger partial charge in [-0.2, -0.15) is 0 Å². The van der Waals surface area contributed by atoms with E-state index in [1.165, 1.54) is 24.0 Å². The maximum atomic E-state index is 3.43. The zero-order valence-electron chi connectivity index (χ0n) is 12.5. The lowest BCUT2D eigenvalue weighted by Crippen LogP contribution is -2.54. The van der Waals surface area contributed by atoms with E-state index in [9.17, 15) is 0 Å². The van der Waals surface area contributed by atoms with E-state index < -0.39 is 0 Å². The van der Waals surface area contributed by atoms with Crippen molar-refractivity contribution < 1.29 is 0 Å². The van der Waals surface area contributed by atoms with E-state index in [0.717, 1.165) is 5.92 Å². The predicted octanol–water partition coefficient (Wildman–Crippen LogP) is 3.99. The average molecular weight is 245 g/mol. The van der Waals surface area contributed by atoms with Gasteiger partial charge >= 0.3 is 0 Å². The van der Waals surface area contributed by atoms with E-state index in [1.54, 1.807) is 0 Å². The Bertz CT molecular complexity index is 389. The van der Waals surface area contributed by atoms with E-state index in [-0.39, 0.29) is 0 Å². The molecule has 18 heavy (non-hydrogen) atoms. The number of benzene rings is 1. The summed E-state index contributed by atoms with van der Waals surface area (Å²) in [5, 5.41) is 3.43. The van der Waals surface area contributed by atoms with E-state index >= 15 is 0 Å². The molecule has 0 aromatic heterocycles. The van der Waals surface area contributed by atoms with Crippen molar-refractivity contribution in [1.29, 1.82) is 0 Å². The SMILES string of the molecule is CNC1CC(c2ccc(CC(C)C)cc2)C1(C)C. The number of rotatable bonds is 4. The van der Waals surface area contributed by atoms with Crippen molar-refractivity contribution in [1.82, 2.24) is 5.32 Å². The molecule has 0 spiro atoms. The second-order valence-electron chi connectivity index (χ2n) is 6.79. The van der Waals surface area contributed by atoms with Crippen LogP contribution in [0.5, 0.6) is 0 Å². The van der Waals surface area contributed by atoms with Gasteiger partial charge in [-0.25, -0.2) is 0 Å². The molecule has 0 heterocycles. The van der Waals surface area contributed by atoms with Gasteiger partial charge in [-0.15, -0.1) is 0 Å². The molecule has 0 radical (unpaired) electrons. The molecule has 1 heteroatoms. The standard InChI is InChI=1S/C17H27N/c1-12(2)10-13-6-8-14(9-7-13)15-11-16(18-5)17(15,3)4/h6-9,12,15-16,18H,10-11H2,1-5H3. The fourth-order valence-electron chi connectivity index (χ4n) is 3.34. The van der Waals surface area contributed by atoms with E-state index in [4.69, 9.17) is 0 Å². The van der Waals surface area contributed by atoms with Crippen molar-refractivity contribution in [2.24, 2.45) is 11.3 Å². The molecular weight excluding hydrogens is 218 g/mol. The third-order valence-corrected chi connectivity index (χ3v) is 4.64. The molecule has 1 aliphatic rings. The van der Waals surface area contributed by atoms with Crippen LogP contribution in [0.3, 0.4) is 0 Å². The summed E-state index contributed by atoms with van der Waals surface area (Å²) in [6.07, 6.45) is 2.46. The molecule has 2 atom stereocenters. The van der Waals surface area contributed by atoms with Crippen LogP contribution in [0.25, 0.3) is 0 Å². The van der Waals surface area contributed by atoms with Gasteiger partial charge in [0.15, 0.2) is 0 Å². The summed E-state index contributed by atoms with van der Waals surface area (Å²) in [6.45, 7) is 9.32. The zero-order valence-corrected chi connectivity index (χ0v) is 12.5. The van der Waals surface area contributed by atoms with Gasteiger partial charge in [0.1, 0.15) is 0 Å². The van der Waals surface area contributed by atoms with E-state index in [2.05, 4.69) is 64.3 Å². The summed E-state index contributed by atoms with van der Waals surface area (Å²) >= 11 is 0. The Morgan fingerprint density at radius 2 is 1.83 bits per heavy atom. The molecule has 1 fully saturated rings. The summed E-state index contributed by atoms with van der Waals surface area (Å²) in [5.74, 6) is 1.45. The molecule has 0 amide bonds. The second-order valence-corrected chi connectivity index (χ2v) is 6.79. The molecule has 1 aromatic carbocycles. The molecule has 1 N–H and O–H groups in total. The first-order valence-electron chi connectivity index (χ1n) is 7.21. The van der Waals surface area contributed by atoms with Crippen molar-refractivity contribution in [2.45, 2.75) is 52.5 Å². The Labute approximate surface area is 112 Å². The molecule has 0 bridgehead atoms. The monoisotopic (exact) mass is 245 g/mol. The first-order chi connectivity index (χ1) is 8.45. The highest BCUT2D eigenvalue weighted by atomic mass is 14.9.